The van der Waals surface area contributed by atoms with Gasteiger partial charge in [-0.25, -0.2) is 4.79 Å². The van der Waals surface area contributed by atoms with Gasteiger partial charge in [-0.15, -0.1) is 0 Å². The zero-order chi connectivity index (χ0) is 18.8. The largest absolute Gasteiger partial charge is 0.465 e. The van der Waals surface area contributed by atoms with Gasteiger partial charge in [-0.3, -0.25) is 0 Å². The molecule has 0 aliphatic rings. The Morgan fingerprint density at radius 1 is 1.00 bits per heavy atom. The van der Waals surface area contributed by atoms with Crippen LogP contribution in [0, 0.1) is 0 Å². The van der Waals surface area contributed by atoms with E-state index < -0.39 is 36.5 Å². The Hall–Kier alpha value is -1.84. The summed E-state index contributed by atoms with van der Waals surface area (Å²) in [5, 5.41) is 0. The highest BCUT2D eigenvalue weighted by atomic mass is 19.4. The van der Waals surface area contributed by atoms with Gasteiger partial charge >= 0.3 is 24.0 Å². The van der Waals surface area contributed by atoms with Crippen molar-refractivity contribution in [1.29, 1.82) is 0 Å². The highest BCUT2D eigenvalue weighted by molar-refractivity contribution is 5.89. The van der Waals surface area contributed by atoms with Crippen LogP contribution in [0.5, 0.6) is 0 Å². The van der Waals surface area contributed by atoms with E-state index in [1.807, 2.05) is 0 Å². The van der Waals surface area contributed by atoms with E-state index in [4.69, 9.17) is 0 Å². The average Bonchev–Trinajstić information content (AvgIpc) is 2.50. The van der Waals surface area contributed by atoms with E-state index in [1.54, 1.807) is 0 Å². The predicted octanol–water partition coefficient (Wildman–Crippen LogP) is 4.38. The zero-order valence-corrected chi connectivity index (χ0v) is 12.5. The minimum Gasteiger partial charge on any atom is -0.465 e. The number of carbonyl (C=O) groups is 1. The van der Waals surface area contributed by atoms with E-state index in [0.29, 0.717) is 0 Å². The van der Waals surface area contributed by atoms with E-state index in [9.17, 15) is 35.5 Å². The summed E-state index contributed by atoms with van der Waals surface area (Å²) in [6.07, 6.45) is -10.0. The van der Waals surface area contributed by atoms with Crippen LogP contribution in [0.15, 0.2) is 24.3 Å². The summed E-state index contributed by atoms with van der Waals surface area (Å²) in [6.45, 7) is 0. The first-order valence-corrected chi connectivity index (χ1v) is 6.41. The molecule has 1 atom stereocenters. The van der Waals surface area contributed by atoms with Crippen LogP contribution in [-0.2, 0) is 9.47 Å². The highest BCUT2D eigenvalue weighted by Gasteiger charge is 2.73. The maximum absolute atomic E-state index is 13.5. The first-order chi connectivity index (χ1) is 10.9. The van der Waals surface area contributed by atoms with Crippen molar-refractivity contribution in [3.05, 3.63) is 35.4 Å². The molecule has 0 saturated carbocycles. The molecule has 24 heavy (non-hydrogen) atoms. The van der Waals surface area contributed by atoms with Crippen molar-refractivity contribution in [2.75, 3.05) is 14.2 Å². The number of ether oxygens (including phenoxy) is 2. The molecule has 1 aromatic carbocycles. The Kier molecular flexibility index (Phi) is 5.86. The van der Waals surface area contributed by atoms with Crippen LogP contribution < -0.4 is 0 Å². The molecule has 0 radical (unpaired) electrons. The molecule has 1 aromatic rings. The van der Waals surface area contributed by atoms with Crippen LogP contribution >= 0.6 is 0 Å². The quantitative estimate of drug-likeness (QED) is 0.556. The Morgan fingerprint density at radius 3 is 1.88 bits per heavy atom. The van der Waals surface area contributed by atoms with Crippen molar-refractivity contribution < 1.29 is 45.0 Å². The lowest BCUT2D eigenvalue weighted by Crippen LogP contribution is -2.52. The summed E-state index contributed by atoms with van der Waals surface area (Å²) in [7, 11) is 1.99. The van der Waals surface area contributed by atoms with E-state index in [-0.39, 0.29) is 11.1 Å². The maximum atomic E-state index is 13.5. The number of rotatable bonds is 6. The van der Waals surface area contributed by atoms with Gasteiger partial charge in [0.25, 0.3) is 0 Å². The van der Waals surface area contributed by atoms with Crippen LogP contribution in [0.1, 0.15) is 28.4 Å². The zero-order valence-electron chi connectivity index (χ0n) is 12.5. The molecule has 0 saturated heterocycles. The fourth-order valence-corrected chi connectivity index (χ4v) is 1.86. The number of hydrogen-bond donors (Lipinski definition) is 0. The van der Waals surface area contributed by atoms with E-state index >= 15 is 0 Å². The van der Waals surface area contributed by atoms with Crippen LogP contribution in [0.25, 0.3) is 0 Å². The number of benzene rings is 1. The minimum atomic E-state index is -6.40. The number of carbonyl (C=O) groups excluding carboxylic acids is 1. The van der Waals surface area contributed by atoms with E-state index in [1.165, 1.54) is 0 Å². The number of hydrogen-bond acceptors (Lipinski definition) is 3. The lowest BCUT2D eigenvalue weighted by molar-refractivity contribution is -0.358. The second-order valence-corrected chi connectivity index (χ2v) is 4.82. The SMILES string of the molecule is COC(=O)c1ccc(C(CC(F)(F)C(F)(F)C(F)(F)F)OC)cc1. The topological polar surface area (TPSA) is 35.5 Å². The standard InChI is InChI=1S/C14H13F7O3/c1-23-10(7-12(15,16)13(17,18)14(19,20)21)8-3-5-9(6-4-8)11(22)24-2/h3-6,10H,7H2,1-2H3. The summed E-state index contributed by atoms with van der Waals surface area (Å²) >= 11 is 0. The van der Waals surface area contributed by atoms with Crippen LogP contribution in [0.3, 0.4) is 0 Å². The van der Waals surface area contributed by atoms with Crippen molar-refractivity contribution in [3.8, 4) is 0 Å². The van der Waals surface area contributed by atoms with Gasteiger partial charge in [0, 0.05) is 13.5 Å². The van der Waals surface area contributed by atoms with Gasteiger partial charge in [0.2, 0.25) is 0 Å². The van der Waals surface area contributed by atoms with Crippen LogP contribution in [-0.4, -0.2) is 38.2 Å². The first-order valence-electron chi connectivity index (χ1n) is 6.41. The molecule has 10 heteroatoms. The van der Waals surface area contributed by atoms with Gasteiger partial charge in [-0.05, 0) is 17.7 Å². The molecule has 136 valence electrons. The average molecular weight is 362 g/mol. The van der Waals surface area contributed by atoms with Gasteiger partial charge in [0.1, 0.15) is 0 Å². The molecule has 0 amide bonds. The second-order valence-electron chi connectivity index (χ2n) is 4.82. The van der Waals surface area contributed by atoms with Crippen LogP contribution in [0.2, 0.25) is 0 Å². The molecule has 0 bridgehead atoms. The Balaban J connectivity index is 3.04. The first kappa shape index (κ1) is 20.2. The highest BCUT2D eigenvalue weighted by Crippen LogP contribution is 2.50. The normalized spacial score (nSPS) is 14.4. The van der Waals surface area contributed by atoms with Gasteiger partial charge in [0.05, 0.1) is 18.8 Å². The van der Waals surface area contributed by atoms with Crippen molar-refractivity contribution in [1.82, 2.24) is 0 Å². The lowest BCUT2D eigenvalue weighted by Gasteiger charge is -2.30. The summed E-state index contributed by atoms with van der Waals surface area (Å²) in [6, 6.07) is 4.49. The minimum absolute atomic E-state index is 0.0449. The fraction of sp³-hybridized carbons (Fsp3) is 0.500. The monoisotopic (exact) mass is 362 g/mol. The third-order valence-electron chi connectivity index (χ3n) is 3.25. The summed E-state index contributed by atoms with van der Waals surface area (Å²) in [5.41, 5.74) is -0.0497. The molecule has 1 unspecified atom stereocenters. The Morgan fingerprint density at radius 2 is 1.50 bits per heavy atom. The summed E-state index contributed by atoms with van der Waals surface area (Å²) < 4.78 is 98.3. The number of alkyl halides is 7. The second kappa shape index (κ2) is 6.96. The third-order valence-corrected chi connectivity index (χ3v) is 3.25. The molecule has 3 nitrogen and oxygen atoms in total. The molecular weight excluding hydrogens is 349 g/mol. The molecule has 0 fully saturated rings. The lowest BCUT2D eigenvalue weighted by atomic mass is 9.97. The van der Waals surface area contributed by atoms with E-state index in [2.05, 4.69) is 9.47 Å². The molecule has 0 N–H and O–H groups in total. The fourth-order valence-electron chi connectivity index (χ4n) is 1.86. The smallest absolute Gasteiger partial charge is 0.459 e. The Labute approximate surface area is 132 Å². The van der Waals surface area contributed by atoms with Gasteiger partial charge < -0.3 is 9.47 Å². The van der Waals surface area contributed by atoms with Gasteiger partial charge in [-0.2, -0.15) is 30.7 Å². The predicted molar refractivity (Wildman–Crippen MR) is 68.1 cm³/mol. The Bertz CT molecular complexity index is 567. The van der Waals surface area contributed by atoms with E-state index in [0.717, 1.165) is 38.5 Å². The molecule has 0 spiro atoms. The third kappa shape index (κ3) is 3.97. The van der Waals surface area contributed by atoms with Crippen molar-refractivity contribution in [2.24, 2.45) is 0 Å². The maximum Gasteiger partial charge on any atom is 0.459 e. The molecular formula is C14H13F7O3. The molecule has 0 aliphatic carbocycles. The number of esters is 1. The van der Waals surface area contributed by atoms with Gasteiger partial charge in [0.15, 0.2) is 0 Å². The number of methoxy groups -OCH3 is 2. The summed E-state index contributed by atoms with van der Waals surface area (Å²) in [5.74, 6) is -12.3. The number of halogens is 7. The van der Waals surface area contributed by atoms with Crippen molar-refractivity contribution in [2.45, 2.75) is 30.5 Å². The molecule has 0 heterocycles. The molecule has 0 aromatic heterocycles. The van der Waals surface area contributed by atoms with Crippen molar-refractivity contribution in [3.63, 3.8) is 0 Å². The molecule has 1 rings (SSSR count). The van der Waals surface area contributed by atoms with Crippen molar-refractivity contribution >= 4 is 5.97 Å². The van der Waals surface area contributed by atoms with Crippen LogP contribution in [0.4, 0.5) is 30.7 Å². The van der Waals surface area contributed by atoms with Gasteiger partial charge in [-0.1, -0.05) is 12.1 Å². The summed E-state index contributed by atoms with van der Waals surface area (Å²) in [4.78, 5) is 11.2. The molecule has 0 aliphatic heterocycles.